The molecule has 1 amide bonds. The molecule has 0 aromatic heterocycles. The van der Waals surface area contributed by atoms with Crippen molar-refractivity contribution < 1.29 is 13.2 Å². The van der Waals surface area contributed by atoms with Gasteiger partial charge in [-0.15, -0.1) is 0 Å². The van der Waals surface area contributed by atoms with Crippen LogP contribution in [0.3, 0.4) is 0 Å². The Morgan fingerprint density at radius 2 is 1.68 bits per heavy atom. The summed E-state index contributed by atoms with van der Waals surface area (Å²) in [5, 5.41) is 2.60. The van der Waals surface area contributed by atoms with Crippen LogP contribution in [0.25, 0.3) is 0 Å². The fourth-order valence-electron chi connectivity index (χ4n) is 2.50. The van der Waals surface area contributed by atoms with E-state index in [9.17, 15) is 13.2 Å². The first-order valence-electron chi connectivity index (χ1n) is 8.32. The van der Waals surface area contributed by atoms with E-state index in [1.54, 1.807) is 31.2 Å². The molecule has 0 bridgehead atoms. The van der Waals surface area contributed by atoms with Crippen LogP contribution in [0.15, 0.2) is 47.4 Å². The number of anilines is 2. The molecule has 0 heterocycles. The number of sulfonamides is 1. The molecular formula is C19H24N2O3S. The zero-order valence-electron chi connectivity index (χ0n) is 14.8. The highest BCUT2D eigenvalue weighted by atomic mass is 32.2. The molecule has 0 saturated carbocycles. The van der Waals surface area contributed by atoms with Gasteiger partial charge in [0.25, 0.3) is 10.0 Å². The van der Waals surface area contributed by atoms with Gasteiger partial charge < -0.3 is 5.32 Å². The summed E-state index contributed by atoms with van der Waals surface area (Å²) in [5.41, 5.74) is 2.77. The Labute approximate surface area is 149 Å². The summed E-state index contributed by atoms with van der Waals surface area (Å²) in [6, 6.07) is 12.2. The number of aryl methyl sites for hydroxylation is 2. The number of carbonyl (C=O) groups excluding carboxylic acids is 1. The van der Waals surface area contributed by atoms with E-state index >= 15 is 0 Å². The molecule has 0 saturated heterocycles. The van der Waals surface area contributed by atoms with Crippen molar-refractivity contribution in [1.29, 1.82) is 0 Å². The molecule has 2 rings (SSSR count). The van der Waals surface area contributed by atoms with E-state index in [4.69, 9.17) is 0 Å². The van der Waals surface area contributed by atoms with E-state index < -0.39 is 10.0 Å². The van der Waals surface area contributed by atoms with Gasteiger partial charge in [-0.1, -0.05) is 31.5 Å². The lowest BCUT2D eigenvalue weighted by atomic mass is 10.1. The second kappa shape index (κ2) is 8.16. The number of hydrogen-bond acceptors (Lipinski definition) is 3. The summed E-state index contributed by atoms with van der Waals surface area (Å²) in [5.74, 6) is -0.247. The Balaban J connectivity index is 2.22. The minimum atomic E-state index is -3.73. The lowest BCUT2D eigenvalue weighted by Gasteiger charge is -2.12. The molecule has 6 heteroatoms. The van der Waals surface area contributed by atoms with Gasteiger partial charge in [-0.25, -0.2) is 8.42 Å². The Morgan fingerprint density at radius 1 is 1.04 bits per heavy atom. The number of hydrogen-bond donors (Lipinski definition) is 2. The van der Waals surface area contributed by atoms with E-state index in [1.807, 2.05) is 12.1 Å². The second-order valence-electron chi connectivity index (χ2n) is 6.07. The summed E-state index contributed by atoms with van der Waals surface area (Å²) in [7, 11) is -3.73. The smallest absolute Gasteiger partial charge is 0.262 e. The van der Waals surface area contributed by atoms with Crippen LogP contribution in [-0.2, 0) is 21.2 Å². The summed E-state index contributed by atoms with van der Waals surface area (Å²) in [6.07, 6.45) is 3.22. The molecule has 0 aliphatic carbocycles. The van der Waals surface area contributed by atoms with Crippen molar-refractivity contribution in [2.24, 2.45) is 0 Å². The second-order valence-corrected chi connectivity index (χ2v) is 7.72. The molecule has 134 valence electrons. The van der Waals surface area contributed by atoms with Gasteiger partial charge in [-0.3, -0.25) is 9.52 Å². The molecule has 25 heavy (non-hydrogen) atoms. The van der Waals surface area contributed by atoms with Crippen LogP contribution in [0.5, 0.6) is 0 Å². The van der Waals surface area contributed by atoms with Crippen LogP contribution >= 0.6 is 0 Å². The first kappa shape index (κ1) is 19.0. The lowest BCUT2D eigenvalue weighted by Crippen LogP contribution is -2.15. The van der Waals surface area contributed by atoms with Gasteiger partial charge in [-0.2, -0.15) is 0 Å². The molecule has 0 spiro atoms. The van der Waals surface area contributed by atoms with Gasteiger partial charge in [0.05, 0.1) is 4.90 Å². The molecule has 0 atom stereocenters. The van der Waals surface area contributed by atoms with Crippen LogP contribution in [-0.4, -0.2) is 14.3 Å². The molecule has 0 unspecified atom stereocenters. The van der Waals surface area contributed by atoms with Crippen molar-refractivity contribution >= 4 is 27.3 Å². The van der Waals surface area contributed by atoms with Crippen LogP contribution in [0.1, 0.15) is 37.8 Å². The minimum Gasteiger partial charge on any atom is -0.326 e. The number of nitrogens with one attached hydrogen (secondary N) is 2. The van der Waals surface area contributed by atoms with Crippen LogP contribution < -0.4 is 10.0 Å². The maximum atomic E-state index is 12.7. The SMILES string of the molecule is CCCCc1ccc(NS(=O)(=O)c2cc(NC(C)=O)ccc2C)cc1. The summed E-state index contributed by atoms with van der Waals surface area (Å²) < 4.78 is 28.0. The molecule has 0 fully saturated rings. The van der Waals surface area contributed by atoms with E-state index in [0.717, 1.165) is 19.3 Å². The van der Waals surface area contributed by atoms with Crippen molar-refractivity contribution in [1.82, 2.24) is 0 Å². The van der Waals surface area contributed by atoms with E-state index in [2.05, 4.69) is 17.0 Å². The van der Waals surface area contributed by atoms with Gasteiger partial charge in [0.15, 0.2) is 0 Å². The fourth-order valence-corrected chi connectivity index (χ4v) is 3.83. The first-order chi connectivity index (χ1) is 11.8. The Kier molecular flexibility index (Phi) is 6.20. The lowest BCUT2D eigenvalue weighted by molar-refractivity contribution is -0.114. The first-order valence-corrected chi connectivity index (χ1v) is 9.80. The molecule has 5 nitrogen and oxygen atoms in total. The van der Waals surface area contributed by atoms with E-state index in [1.165, 1.54) is 18.6 Å². The molecule has 2 N–H and O–H groups in total. The number of amides is 1. The maximum absolute atomic E-state index is 12.7. The highest BCUT2D eigenvalue weighted by Crippen LogP contribution is 2.23. The van der Waals surface area contributed by atoms with E-state index in [0.29, 0.717) is 16.9 Å². The average Bonchev–Trinajstić information content (AvgIpc) is 2.55. The van der Waals surface area contributed by atoms with Crippen LogP contribution in [0, 0.1) is 6.92 Å². The maximum Gasteiger partial charge on any atom is 0.262 e. The monoisotopic (exact) mass is 360 g/mol. The van der Waals surface area contributed by atoms with Crippen molar-refractivity contribution in [3.63, 3.8) is 0 Å². The third-order valence-electron chi connectivity index (χ3n) is 3.82. The standard InChI is InChI=1S/C19H24N2O3S/c1-4-5-6-16-8-11-17(12-9-16)21-25(23,24)19-13-18(20-15(3)22)10-7-14(19)2/h7-13,21H,4-6H2,1-3H3,(H,20,22). The number of rotatable bonds is 7. The molecule has 0 radical (unpaired) electrons. The van der Waals surface area contributed by atoms with Gasteiger partial charge in [0, 0.05) is 18.3 Å². The van der Waals surface area contributed by atoms with Gasteiger partial charge >= 0.3 is 0 Å². The number of benzene rings is 2. The van der Waals surface area contributed by atoms with Crippen molar-refractivity contribution in [2.45, 2.75) is 44.9 Å². The van der Waals surface area contributed by atoms with Crippen molar-refractivity contribution in [3.8, 4) is 0 Å². The Hall–Kier alpha value is -2.34. The highest BCUT2D eigenvalue weighted by molar-refractivity contribution is 7.92. The summed E-state index contributed by atoms with van der Waals surface area (Å²) in [4.78, 5) is 11.3. The minimum absolute atomic E-state index is 0.147. The number of unbranched alkanes of at least 4 members (excludes halogenated alkanes) is 1. The predicted octanol–water partition coefficient (Wildman–Crippen LogP) is 4.10. The van der Waals surface area contributed by atoms with Crippen LogP contribution in [0.2, 0.25) is 0 Å². The normalized spacial score (nSPS) is 11.2. The largest absolute Gasteiger partial charge is 0.326 e. The van der Waals surface area contributed by atoms with Gasteiger partial charge in [-0.05, 0) is 55.2 Å². The summed E-state index contributed by atoms with van der Waals surface area (Å²) in [6.45, 7) is 5.24. The summed E-state index contributed by atoms with van der Waals surface area (Å²) >= 11 is 0. The zero-order chi connectivity index (χ0) is 18.4. The van der Waals surface area contributed by atoms with Crippen molar-refractivity contribution in [2.75, 3.05) is 10.0 Å². The molecule has 2 aromatic carbocycles. The van der Waals surface area contributed by atoms with E-state index in [-0.39, 0.29) is 10.8 Å². The predicted molar refractivity (Wildman–Crippen MR) is 101 cm³/mol. The third-order valence-corrected chi connectivity index (χ3v) is 5.35. The van der Waals surface area contributed by atoms with Gasteiger partial charge in [0.1, 0.15) is 0 Å². The molecule has 0 aliphatic heterocycles. The topological polar surface area (TPSA) is 75.3 Å². The Morgan fingerprint density at radius 3 is 2.28 bits per heavy atom. The Bertz CT molecular complexity index is 843. The average molecular weight is 360 g/mol. The third kappa shape index (κ3) is 5.32. The molecule has 0 aliphatic rings. The van der Waals surface area contributed by atoms with Crippen molar-refractivity contribution in [3.05, 3.63) is 53.6 Å². The zero-order valence-corrected chi connectivity index (χ0v) is 15.6. The van der Waals surface area contributed by atoms with Crippen LogP contribution in [0.4, 0.5) is 11.4 Å². The quantitative estimate of drug-likeness (QED) is 0.781. The highest BCUT2D eigenvalue weighted by Gasteiger charge is 2.18. The molecule has 2 aromatic rings. The molecular weight excluding hydrogens is 336 g/mol. The van der Waals surface area contributed by atoms with Gasteiger partial charge in [0.2, 0.25) is 5.91 Å². The number of carbonyl (C=O) groups is 1. The fraction of sp³-hybridized carbons (Fsp3) is 0.316.